The minimum absolute atomic E-state index is 0.0230. The van der Waals surface area contributed by atoms with Crippen LogP contribution in [0.2, 0.25) is 0 Å². The maximum atomic E-state index is 13.0. The molecule has 0 heterocycles. The monoisotopic (exact) mass is 1650 g/mol. The first-order chi connectivity index (χ1) is 56.2. The van der Waals surface area contributed by atoms with E-state index in [-0.39, 0.29) is 19.3 Å². The number of carbonyl (C=O) groups excluding carboxylic acids is 3. The Kier molecular flexibility index (Phi) is 84.3. The zero-order valence-electron chi connectivity index (χ0n) is 72.4. The number of hydrogen-bond acceptors (Lipinski definition) is 14. The van der Waals surface area contributed by atoms with Crippen LogP contribution in [-0.2, 0) is 55.8 Å². The lowest BCUT2D eigenvalue weighted by Gasteiger charge is -2.21. The summed E-state index contributed by atoms with van der Waals surface area (Å²) in [6.45, 7) is 2.39. The molecule has 658 valence electrons. The number of hydrogen-bond donors (Lipinski definition) is 4. The van der Waals surface area contributed by atoms with E-state index in [4.69, 9.17) is 32.3 Å². The molecular formula is C97H164O16P2. The molecule has 115 heavy (non-hydrogen) atoms. The van der Waals surface area contributed by atoms with Crippen molar-refractivity contribution in [2.75, 3.05) is 39.6 Å². The molecule has 0 saturated carbocycles. The molecule has 0 spiro atoms. The fourth-order valence-electron chi connectivity index (χ4n) is 12.1. The molecule has 0 fully saturated rings. The molecule has 0 aromatic heterocycles. The third kappa shape index (κ3) is 89.5. The van der Waals surface area contributed by atoms with Crippen molar-refractivity contribution in [1.82, 2.24) is 0 Å². The van der Waals surface area contributed by atoms with E-state index in [0.29, 0.717) is 25.7 Å². The van der Waals surface area contributed by atoms with Gasteiger partial charge in [-0.3, -0.25) is 32.5 Å². The molecule has 0 aliphatic heterocycles. The maximum Gasteiger partial charge on any atom is 0.472 e. The highest BCUT2D eigenvalue weighted by molar-refractivity contribution is 7.47. The average Bonchev–Trinajstić information content (AvgIpc) is 0.903. The summed E-state index contributed by atoms with van der Waals surface area (Å²) in [6.07, 6.45) is 114. The molecule has 0 radical (unpaired) electrons. The van der Waals surface area contributed by atoms with Crippen molar-refractivity contribution in [2.45, 2.75) is 386 Å². The first kappa shape index (κ1) is 110. The van der Waals surface area contributed by atoms with Crippen LogP contribution in [0.15, 0.2) is 170 Å². The number of unbranched alkanes of at least 4 members (excludes halogenated alkanes) is 34. The Labute approximate surface area is 701 Å². The second kappa shape index (κ2) is 88.2. The van der Waals surface area contributed by atoms with Gasteiger partial charge in [-0.05, 0) is 148 Å². The van der Waals surface area contributed by atoms with Gasteiger partial charge in [-0.1, -0.05) is 371 Å². The molecule has 5 unspecified atom stereocenters. The fourth-order valence-corrected chi connectivity index (χ4v) is 13.7. The second-order valence-corrected chi connectivity index (χ2v) is 32.9. The third-order valence-electron chi connectivity index (χ3n) is 18.9. The first-order valence-corrected chi connectivity index (χ1v) is 48.4. The van der Waals surface area contributed by atoms with Gasteiger partial charge in [-0.25, -0.2) is 9.13 Å². The van der Waals surface area contributed by atoms with Crippen LogP contribution in [0, 0.1) is 0 Å². The molecule has 0 aliphatic carbocycles. The highest BCUT2D eigenvalue weighted by Gasteiger charge is 2.29. The van der Waals surface area contributed by atoms with E-state index in [9.17, 15) is 43.5 Å². The minimum atomic E-state index is -4.96. The van der Waals surface area contributed by atoms with Crippen LogP contribution in [0.1, 0.15) is 367 Å². The number of allylic oxidation sites excluding steroid dienone is 28. The van der Waals surface area contributed by atoms with E-state index in [1.807, 2.05) is 12.2 Å². The zero-order chi connectivity index (χ0) is 83.6. The van der Waals surface area contributed by atoms with Gasteiger partial charge in [-0.2, -0.15) is 0 Å². The van der Waals surface area contributed by atoms with Crippen LogP contribution < -0.4 is 0 Å². The van der Waals surface area contributed by atoms with Gasteiger partial charge in [0.05, 0.1) is 26.4 Å². The summed E-state index contributed by atoms with van der Waals surface area (Å²) in [5.41, 5.74) is 0. The van der Waals surface area contributed by atoms with Crippen molar-refractivity contribution < 1.29 is 75.8 Å². The van der Waals surface area contributed by atoms with E-state index in [1.54, 1.807) is 0 Å². The number of rotatable bonds is 85. The predicted octanol–water partition coefficient (Wildman–Crippen LogP) is 27.9. The van der Waals surface area contributed by atoms with Crippen molar-refractivity contribution in [3.05, 3.63) is 170 Å². The third-order valence-corrected chi connectivity index (χ3v) is 20.8. The van der Waals surface area contributed by atoms with E-state index < -0.39 is 91.5 Å². The molecule has 0 aromatic rings. The second-order valence-electron chi connectivity index (χ2n) is 30.0. The first-order valence-electron chi connectivity index (χ1n) is 45.4. The number of phosphoric ester groups is 2. The summed E-state index contributed by atoms with van der Waals surface area (Å²) >= 11 is 0. The summed E-state index contributed by atoms with van der Waals surface area (Å²) in [6, 6.07) is 0. The molecule has 4 N–H and O–H groups in total. The SMILES string of the molecule is CC/C=C\C/C=C\C/C=C\C/C=C\C/C=C\CCCCCCCCCCCCCCCCCC(=O)OCC(O)COP(=O)(O)OCC(O)COP(=O)(O)OCC(COC(=O)CCCCCCCCCCCCCCCCC/C=C\C/C=C\C/C=C\C/C=C\CCCCC)OC(=O)CCC/C=C\C/C=C\C/C=C\C/C=C\C/C=C\CC. The topological polar surface area (TPSA) is 231 Å². The molecule has 0 aromatic carbocycles. The van der Waals surface area contributed by atoms with Crippen molar-refractivity contribution in [3.8, 4) is 0 Å². The zero-order valence-corrected chi connectivity index (χ0v) is 74.2. The van der Waals surface area contributed by atoms with E-state index in [2.05, 4.69) is 179 Å². The average molecular weight is 1650 g/mol. The molecule has 0 aliphatic rings. The van der Waals surface area contributed by atoms with Crippen LogP contribution in [0.3, 0.4) is 0 Å². The molecular weight excluding hydrogens is 1480 g/mol. The lowest BCUT2D eigenvalue weighted by atomic mass is 10.0. The quantitative estimate of drug-likeness (QED) is 0.0146. The number of aliphatic hydroxyl groups is 2. The Morgan fingerprint density at radius 1 is 0.252 bits per heavy atom. The van der Waals surface area contributed by atoms with Gasteiger partial charge in [-0.15, -0.1) is 0 Å². The van der Waals surface area contributed by atoms with Crippen molar-refractivity contribution in [1.29, 1.82) is 0 Å². The molecule has 0 rings (SSSR count). The molecule has 0 bridgehead atoms. The van der Waals surface area contributed by atoms with Crippen LogP contribution >= 0.6 is 15.6 Å². The summed E-state index contributed by atoms with van der Waals surface area (Å²) in [5, 5.41) is 20.7. The summed E-state index contributed by atoms with van der Waals surface area (Å²) in [7, 11) is -9.83. The van der Waals surface area contributed by atoms with Crippen LogP contribution in [-0.4, -0.2) is 95.9 Å². The molecule has 0 saturated heterocycles. The number of ether oxygens (including phenoxy) is 3. The number of phosphoric acid groups is 2. The molecule has 5 atom stereocenters. The van der Waals surface area contributed by atoms with Crippen LogP contribution in [0.5, 0.6) is 0 Å². The smallest absolute Gasteiger partial charge is 0.463 e. The Balaban J connectivity index is 4.54. The Hall–Kier alpha value is -5.09. The Morgan fingerprint density at radius 3 is 0.757 bits per heavy atom. The van der Waals surface area contributed by atoms with Gasteiger partial charge in [0, 0.05) is 19.3 Å². The maximum absolute atomic E-state index is 13.0. The van der Waals surface area contributed by atoms with Crippen molar-refractivity contribution >= 4 is 33.6 Å². The summed E-state index contributed by atoms with van der Waals surface area (Å²) < 4.78 is 61.3. The van der Waals surface area contributed by atoms with Crippen LogP contribution in [0.4, 0.5) is 0 Å². The van der Waals surface area contributed by atoms with Crippen LogP contribution in [0.25, 0.3) is 0 Å². The van der Waals surface area contributed by atoms with Crippen molar-refractivity contribution in [3.63, 3.8) is 0 Å². The normalized spacial score (nSPS) is 14.6. The molecule has 0 amide bonds. The van der Waals surface area contributed by atoms with Gasteiger partial charge < -0.3 is 34.2 Å². The standard InChI is InChI=1S/C97H164O16P2/c1-4-7-10-13-16-19-22-25-28-31-33-35-37-39-41-43-45-47-49-51-53-55-57-60-62-65-68-71-74-77-80-83-95(100)107-86-92(98)87-109-114(103,104)110-88-93(99)89-111-115(105,106)112-91-94(113-97(102)85-82-79-76-73-70-67-64-59-30-27-24-21-18-15-12-9-6-3)90-108-96(101)84-81-78-75-72-69-66-63-61-58-56-54-52-50-48-46-44-42-40-38-36-34-32-29-26-23-20-17-14-11-8-5-2/h7,9-10,12,16-21,25-30,33-36,39-42,64,67,73,76,92-94,98-99H,4-6,8,11,13-15,22-24,31-32,37-38,43-63,65-66,68-72,74-75,77-91H2,1-3H3,(H,103,104)(H,105,106)/b10-7-,12-9-,19-16-,20-17-,21-18-,28-25-,29-26-,30-27-,35-33-,36-34-,41-39-,42-40-,67-64-,76-73-. The summed E-state index contributed by atoms with van der Waals surface area (Å²) in [5.74, 6) is -1.64. The predicted molar refractivity (Wildman–Crippen MR) is 482 cm³/mol. The lowest BCUT2D eigenvalue weighted by molar-refractivity contribution is -0.161. The lowest BCUT2D eigenvalue weighted by Crippen LogP contribution is -2.30. The molecule has 18 heteroatoms. The fraction of sp³-hybridized carbons (Fsp3) is 0.680. The largest absolute Gasteiger partial charge is 0.472 e. The Bertz CT molecular complexity index is 2770. The number of aliphatic hydroxyl groups excluding tert-OH is 2. The van der Waals surface area contributed by atoms with E-state index in [1.165, 1.54) is 173 Å². The van der Waals surface area contributed by atoms with Gasteiger partial charge >= 0.3 is 33.6 Å². The van der Waals surface area contributed by atoms with Gasteiger partial charge in [0.1, 0.15) is 25.4 Å². The molecule has 16 nitrogen and oxygen atoms in total. The van der Waals surface area contributed by atoms with Gasteiger partial charge in [0.15, 0.2) is 6.10 Å². The summed E-state index contributed by atoms with van der Waals surface area (Å²) in [4.78, 5) is 58.9. The Morgan fingerprint density at radius 2 is 0.470 bits per heavy atom. The van der Waals surface area contributed by atoms with E-state index in [0.717, 1.165) is 128 Å². The highest BCUT2D eigenvalue weighted by Crippen LogP contribution is 2.45. The van der Waals surface area contributed by atoms with Gasteiger partial charge in [0.25, 0.3) is 0 Å². The highest BCUT2D eigenvalue weighted by atomic mass is 31.2. The number of esters is 3. The van der Waals surface area contributed by atoms with Crippen molar-refractivity contribution in [2.24, 2.45) is 0 Å². The number of carbonyl (C=O) groups is 3. The minimum Gasteiger partial charge on any atom is -0.463 e. The van der Waals surface area contributed by atoms with Gasteiger partial charge in [0.2, 0.25) is 0 Å². The van der Waals surface area contributed by atoms with E-state index >= 15 is 0 Å².